The van der Waals surface area contributed by atoms with E-state index in [-0.39, 0.29) is 11.3 Å². The molecule has 12 nitrogen and oxygen atoms in total. The van der Waals surface area contributed by atoms with Gasteiger partial charge in [0, 0.05) is 37.7 Å². The zero-order chi connectivity index (χ0) is 28.6. The van der Waals surface area contributed by atoms with Gasteiger partial charge in [-0.2, -0.15) is 14.3 Å². The van der Waals surface area contributed by atoms with E-state index in [9.17, 15) is 13.5 Å². The van der Waals surface area contributed by atoms with Gasteiger partial charge < -0.3 is 15.7 Å². The van der Waals surface area contributed by atoms with E-state index in [1.165, 1.54) is 12.4 Å². The summed E-state index contributed by atoms with van der Waals surface area (Å²) in [6.07, 6.45) is 14.2. The Morgan fingerprint density at radius 1 is 1.02 bits per heavy atom. The van der Waals surface area contributed by atoms with Crippen LogP contribution in [-0.2, 0) is 17.1 Å². The number of nitrogens with zero attached hydrogens (tertiary/aromatic N) is 7. The van der Waals surface area contributed by atoms with Crippen molar-refractivity contribution in [2.75, 3.05) is 10.6 Å². The van der Waals surface area contributed by atoms with Crippen molar-refractivity contribution >= 4 is 27.3 Å². The Morgan fingerprint density at radius 2 is 1.83 bits per heavy atom. The molecular weight excluding hydrogens is 542 g/mol. The molecule has 0 unspecified atom stereocenters. The maximum absolute atomic E-state index is 12.5. The summed E-state index contributed by atoms with van der Waals surface area (Å²) in [6, 6.07) is 3.80. The molecule has 6 rings (SSSR count). The van der Waals surface area contributed by atoms with Gasteiger partial charge in [0.1, 0.15) is 11.6 Å². The fraction of sp³-hybridized carbons (Fsp3) is 0.393. The van der Waals surface area contributed by atoms with E-state index in [4.69, 9.17) is 0 Å². The Kier molecular flexibility index (Phi) is 6.96. The summed E-state index contributed by atoms with van der Waals surface area (Å²) in [5.74, 6) is 7.75. The molecule has 0 bridgehead atoms. The van der Waals surface area contributed by atoms with Crippen molar-refractivity contribution in [2.24, 2.45) is 7.05 Å². The van der Waals surface area contributed by atoms with Gasteiger partial charge in [-0.1, -0.05) is 11.8 Å². The molecule has 0 aromatic carbocycles. The first-order chi connectivity index (χ1) is 19.6. The lowest BCUT2D eigenvalue weighted by Crippen LogP contribution is -2.35. The minimum absolute atomic E-state index is 0.193. The van der Waals surface area contributed by atoms with Crippen LogP contribution in [0.25, 0.3) is 11.4 Å². The van der Waals surface area contributed by atoms with Gasteiger partial charge in [0.25, 0.3) is 10.0 Å². The maximum Gasteiger partial charge on any atom is 0.256 e. The van der Waals surface area contributed by atoms with Crippen molar-refractivity contribution in [3.63, 3.8) is 0 Å². The van der Waals surface area contributed by atoms with Crippen LogP contribution in [0.1, 0.15) is 56.6 Å². The van der Waals surface area contributed by atoms with Crippen LogP contribution < -0.4 is 10.6 Å². The van der Waals surface area contributed by atoms with Crippen molar-refractivity contribution in [1.82, 2.24) is 33.9 Å². The van der Waals surface area contributed by atoms with E-state index in [0.29, 0.717) is 35.9 Å². The second-order valence-electron chi connectivity index (χ2n) is 10.9. The Hall–Kier alpha value is -4.28. The van der Waals surface area contributed by atoms with Crippen LogP contribution in [0.2, 0.25) is 0 Å². The predicted octanol–water partition coefficient (Wildman–Crippen LogP) is 3.06. The predicted molar refractivity (Wildman–Crippen MR) is 154 cm³/mol. The minimum Gasteiger partial charge on any atom is -0.390 e. The van der Waals surface area contributed by atoms with Crippen LogP contribution in [0, 0.1) is 11.8 Å². The Balaban J connectivity index is 1.24. The first-order valence-corrected chi connectivity index (χ1v) is 15.0. The number of rotatable bonds is 7. The number of aryl methyl sites for hydroxylation is 1. The van der Waals surface area contributed by atoms with E-state index in [1.807, 2.05) is 26.2 Å². The van der Waals surface area contributed by atoms with Crippen molar-refractivity contribution in [3.8, 4) is 23.2 Å². The average molecular weight is 574 g/mol. The number of aliphatic hydroxyl groups is 1. The van der Waals surface area contributed by atoms with Crippen LogP contribution in [0.15, 0.2) is 49.3 Å². The molecule has 0 atom stereocenters. The quantitative estimate of drug-likeness (QED) is 0.281. The van der Waals surface area contributed by atoms with Crippen molar-refractivity contribution < 1.29 is 13.5 Å². The van der Waals surface area contributed by atoms with Gasteiger partial charge >= 0.3 is 0 Å². The normalized spacial score (nSPS) is 20.7. The monoisotopic (exact) mass is 573 g/mol. The van der Waals surface area contributed by atoms with E-state index in [2.05, 4.69) is 47.6 Å². The molecule has 0 radical (unpaired) electrons. The molecule has 0 spiro atoms. The highest BCUT2D eigenvalue weighted by molar-refractivity contribution is 7.90. The van der Waals surface area contributed by atoms with Gasteiger partial charge in [0.05, 0.1) is 51.8 Å². The Morgan fingerprint density at radius 3 is 2.56 bits per heavy atom. The van der Waals surface area contributed by atoms with Gasteiger partial charge in [-0.3, -0.25) is 4.68 Å². The molecule has 13 heteroatoms. The van der Waals surface area contributed by atoms with Crippen LogP contribution in [-0.4, -0.2) is 64.3 Å². The fourth-order valence-corrected chi connectivity index (χ4v) is 6.22. The summed E-state index contributed by atoms with van der Waals surface area (Å²) < 4.78 is 27.7. The van der Waals surface area contributed by atoms with Crippen LogP contribution >= 0.6 is 0 Å². The minimum atomic E-state index is -3.47. The summed E-state index contributed by atoms with van der Waals surface area (Å²) in [7, 11) is -1.63. The second kappa shape index (κ2) is 10.6. The molecule has 4 heterocycles. The van der Waals surface area contributed by atoms with Gasteiger partial charge in [0.2, 0.25) is 0 Å². The van der Waals surface area contributed by atoms with Crippen molar-refractivity contribution in [2.45, 2.75) is 62.3 Å². The van der Waals surface area contributed by atoms with Gasteiger partial charge in [-0.05, 0) is 51.5 Å². The number of nitrogens with one attached hydrogen (secondary N) is 2. The van der Waals surface area contributed by atoms with Gasteiger partial charge in [-0.25, -0.2) is 23.4 Å². The number of anilines is 3. The van der Waals surface area contributed by atoms with E-state index >= 15 is 0 Å². The maximum atomic E-state index is 12.5. The SMILES string of the molecule is Cn1cc(C#Cc2cnc(Nc3ccnc(-c4cnn(S(=O)(=O)C5CC5)c4)n3)cc2NC2CCC(C)(O)CC2)cn1. The lowest BCUT2D eigenvalue weighted by molar-refractivity contribution is 0.0196. The molecule has 0 aliphatic heterocycles. The van der Waals surface area contributed by atoms with Crippen LogP contribution in [0.4, 0.5) is 17.3 Å². The van der Waals surface area contributed by atoms with E-state index < -0.39 is 15.6 Å². The van der Waals surface area contributed by atoms with Gasteiger partial charge in [0.15, 0.2) is 5.82 Å². The van der Waals surface area contributed by atoms with Gasteiger partial charge in [-0.15, -0.1) is 0 Å². The number of hydrogen-bond donors (Lipinski definition) is 3. The smallest absolute Gasteiger partial charge is 0.256 e. The summed E-state index contributed by atoms with van der Waals surface area (Å²) in [5.41, 5.74) is 2.24. The van der Waals surface area contributed by atoms with Crippen molar-refractivity contribution in [3.05, 3.63) is 60.4 Å². The molecule has 4 aromatic heterocycles. The van der Waals surface area contributed by atoms with Crippen LogP contribution in [0.5, 0.6) is 0 Å². The molecule has 2 saturated carbocycles. The molecular formula is C28H31N9O3S. The van der Waals surface area contributed by atoms with Crippen molar-refractivity contribution in [1.29, 1.82) is 0 Å². The summed E-state index contributed by atoms with van der Waals surface area (Å²) in [5, 5.41) is 25.1. The Bertz CT molecular complexity index is 1740. The molecule has 2 fully saturated rings. The molecule has 0 amide bonds. The molecule has 3 N–H and O–H groups in total. The molecule has 0 saturated heterocycles. The highest BCUT2D eigenvalue weighted by atomic mass is 32.2. The molecule has 2 aliphatic carbocycles. The summed E-state index contributed by atoms with van der Waals surface area (Å²) >= 11 is 0. The average Bonchev–Trinajstić information content (AvgIpc) is 3.55. The number of hydrogen-bond acceptors (Lipinski definition) is 10. The zero-order valence-electron chi connectivity index (χ0n) is 22.8. The van der Waals surface area contributed by atoms with E-state index in [0.717, 1.165) is 46.6 Å². The first-order valence-electron chi connectivity index (χ1n) is 13.5. The molecule has 41 heavy (non-hydrogen) atoms. The number of aromatic nitrogens is 7. The highest BCUT2D eigenvalue weighted by Gasteiger charge is 2.37. The lowest BCUT2D eigenvalue weighted by Gasteiger charge is -2.34. The van der Waals surface area contributed by atoms with Crippen LogP contribution in [0.3, 0.4) is 0 Å². The largest absolute Gasteiger partial charge is 0.390 e. The number of pyridine rings is 1. The second-order valence-corrected chi connectivity index (χ2v) is 13.0. The highest BCUT2D eigenvalue weighted by Crippen LogP contribution is 2.32. The topological polar surface area (TPSA) is 153 Å². The third-order valence-corrected chi connectivity index (χ3v) is 9.34. The lowest BCUT2D eigenvalue weighted by atomic mass is 9.83. The third-order valence-electron chi connectivity index (χ3n) is 7.31. The first kappa shape index (κ1) is 26.9. The third kappa shape index (κ3) is 6.23. The molecule has 2 aliphatic rings. The zero-order valence-corrected chi connectivity index (χ0v) is 23.6. The fourth-order valence-electron chi connectivity index (χ4n) is 4.75. The van der Waals surface area contributed by atoms with E-state index in [1.54, 1.807) is 29.3 Å². The standard InChI is InChI=1S/C28H31N9O3S/c1-28(38)10-7-22(8-11-28)33-24-13-26(30-15-20(24)4-3-19-14-31-36(2)17-19)34-25-9-12-29-27(35-25)21-16-32-37(18-21)41(39,40)23-5-6-23/h9,12-18,22-23,38H,5-8,10-11H2,1-2H3,(H2,29,30,33,34,35). The summed E-state index contributed by atoms with van der Waals surface area (Å²) in [4.78, 5) is 13.4. The summed E-state index contributed by atoms with van der Waals surface area (Å²) in [6.45, 7) is 1.88. The Labute approximate surface area is 238 Å². The molecule has 4 aromatic rings. The molecule has 212 valence electrons.